The van der Waals surface area contributed by atoms with Gasteiger partial charge in [0.2, 0.25) is 20.0 Å². The third kappa shape index (κ3) is 4.92. The van der Waals surface area contributed by atoms with Crippen LogP contribution in [0, 0.1) is 0 Å². The molecule has 1 unspecified atom stereocenters. The zero-order valence-corrected chi connectivity index (χ0v) is 19.1. The Morgan fingerprint density at radius 3 is 2.61 bits per heavy atom. The van der Waals surface area contributed by atoms with E-state index in [-0.39, 0.29) is 16.1 Å². The van der Waals surface area contributed by atoms with Gasteiger partial charge in [-0.1, -0.05) is 0 Å². The van der Waals surface area contributed by atoms with E-state index in [9.17, 15) is 16.8 Å². The summed E-state index contributed by atoms with van der Waals surface area (Å²) in [6.45, 7) is 1.60. The lowest BCUT2D eigenvalue weighted by atomic mass is 10.1. The number of rotatable bonds is 10. The standard InChI is InChI=1S/C19H28N6O4S2/c1-24-18(6-11-22-24)15-7-12-25(14-15)31(28,29)19-13-20-10-5-17(19)21-8-2-9-23-30(26,27)16-3-4-16/h5-6,10-11,13,15-16,23H,2-4,7-9,12,14H2,1H3,(H,20,21). The number of sulfonamides is 2. The van der Waals surface area contributed by atoms with Gasteiger partial charge < -0.3 is 5.32 Å². The largest absolute Gasteiger partial charge is 0.384 e. The summed E-state index contributed by atoms with van der Waals surface area (Å²) in [7, 11) is -5.04. The molecule has 0 radical (unpaired) electrons. The molecule has 2 aromatic heterocycles. The van der Waals surface area contributed by atoms with Crippen molar-refractivity contribution in [2.45, 2.75) is 41.7 Å². The predicted octanol–water partition coefficient (Wildman–Crippen LogP) is 0.877. The van der Waals surface area contributed by atoms with Crippen LogP contribution in [0.1, 0.15) is 37.3 Å². The van der Waals surface area contributed by atoms with E-state index in [0.717, 1.165) is 25.0 Å². The van der Waals surface area contributed by atoms with Crippen molar-refractivity contribution >= 4 is 25.7 Å². The van der Waals surface area contributed by atoms with E-state index in [2.05, 4.69) is 20.1 Å². The molecule has 2 aromatic rings. The molecule has 2 N–H and O–H groups in total. The van der Waals surface area contributed by atoms with Crippen LogP contribution in [0.25, 0.3) is 0 Å². The molecule has 170 valence electrons. The van der Waals surface area contributed by atoms with E-state index < -0.39 is 20.0 Å². The molecule has 0 amide bonds. The minimum atomic E-state index is -3.71. The maximum atomic E-state index is 13.3. The van der Waals surface area contributed by atoms with Crippen molar-refractivity contribution in [2.75, 3.05) is 31.5 Å². The summed E-state index contributed by atoms with van der Waals surface area (Å²) in [5.41, 5.74) is 1.50. The van der Waals surface area contributed by atoms with Gasteiger partial charge in [0.1, 0.15) is 4.90 Å². The molecule has 0 aromatic carbocycles. The van der Waals surface area contributed by atoms with Crippen LogP contribution in [-0.2, 0) is 27.1 Å². The second-order valence-corrected chi connectivity index (χ2v) is 12.0. The van der Waals surface area contributed by atoms with Crippen LogP contribution in [0.4, 0.5) is 5.69 Å². The zero-order valence-electron chi connectivity index (χ0n) is 17.4. The summed E-state index contributed by atoms with van der Waals surface area (Å²) < 4.78 is 56.2. The highest BCUT2D eigenvalue weighted by Gasteiger charge is 2.36. The molecular formula is C19H28N6O4S2. The molecule has 0 spiro atoms. The van der Waals surface area contributed by atoms with E-state index in [1.807, 2.05) is 13.1 Å². The van der Waals surface area contributed by atoms with E-state index in [1.165, 1.54) is 10.5 Å². The Hall–Kier alpha value is -2.02. The van der Waals surface area contributed by atoms with Crippen LogP contribution < -0.4 is 10.0 Å². The molecule has 2 aliphatic rings. The van der Waals surface area contributed by atoms with E-state index in [1.54, 1.807) is 23.1 Å². The lowest BCUT2D eigenvalue weighted by molar-refractivity contribution is 0.470. The molecule has 31 heavy (non-hydrogen) atoms. The Kier molecular flexibility index (Phi) is 6.33. The monoisotopic (exact) mass is 468 g/mol. The second-order valence-electron chi connectivity index (χ2n) is 8.02. The Bertz CT molecular complexity index is 1130. The van der Waals surface area contributed by atoms with Gasteiger partial charge in [0.05, 0.1) is 10.9 Å². The first-order valence-electron chi connectivity index (χ1n) is 10.4. The van der Waals surface area contributed by atoms with Gasteiger partial charge >= 0.3 is 0 Å². The van der Waals surface area contributed by atoms with Gasteiger partial charge in [0.15, 0.2) is 0 Å². The zero-order chi connectivity index (χ0) is 22.1. The minimum absolute atomic E-state index is 0.106. The van der Waals surface area contributed by atoms with Crippen molar-refractivity contribution in [3.8, 4) is 0 Å². The van der Waals surface area contributed by atoms with Crippen molar-refractivity contribution in [3.63, 3.8) is 0 Å². The van der Waals surface area contributed by atoms with E-state index in [0.29, 0.717) is 38.3 Å². The van der Waals surface area contributed by atoms with Gasteiger partial charge in [-0.25, -0.2) is 21.6 Å². The molecule has 1 atom stereocenters. The van der Waals surface area contributed by atoms with Crippen molar-refractivity contribution in [3.05, 3.63) is 36.4 Å². The second kappa shape index (κ2) is 8.85. The average Bonchev–Trinajstić information content (AvgIpc) is 3.35. The average molecular weight is 469 g/mol. The molecule has 3 heterocycles. The molecule has 1 aliphatic carbocycles. The topological polar surface area (TPSA) is 126 Å². The number of nitrogens with one attached hydrogen (secondary N) is 2. The lowest BCUT2D eigenvalue weighted by Gasteiger charge is -2.19. The number of aryl methyl sites for hydroxylation is 1. The molecule has 1 saturated carbocycles. The first kappa shape index (κ1) is 22.2. The summed E-state index contributed by atoms with van der Waals surface area (Å²) in [5.74, 6) is 0.106. The molecular weight excluding hydrogens is 440 g/mol. The van der Waals surface area contributed by atoms with E-state index in [4.69, 9.17) is 0 Å². The smallest absolute Gasteiger partial charge is 0.246 e. The first-order valence-corrected chi connectivity index (χ1v) is 13.4. The van der Waals surface area contributed by atoms with Gasteiger partial charge in [-0.2, -0.15) is 9.40 Å². The Balaban J connectivity index is 1.37. The first-order chi connectivity index (χ1) is 14.8. The van der Waals surface area contributed by atoms with Gasteiger partial charge in [0, 0.05) is 63.4 Å². The fourth-order valence-electron chi connectivity index (χ4n) is 3.87. The molecule has 12 heteroatoms. The molecule has 1 aliphatic heterocycles. The Morgan fingerprint density at radius 1 is 1.10 bits per heavy atom. The summed E-state index contributed by atoms with van der Waals surface area (Å²) >= 11 is 0. The predicted molar refractivity (Wildman–Crippen MR) is 117 cm³/mol. The molecule has 1 saturated heterocycles. The maximum Gasteiger partial charge on any atom is 0.246 e. The summed E-state index contributed by atoms with van der Waals surface area (Å²) in [6.07, 6.45) is 7.36. The number of pyridine rings is 1. The summed E-state index contributed by atoms with van der Waals surface area (Å²) in [5, 5.41) is 7.07. The minimum Gasteiger partial charge on any atom is -0.384 e. The molecule has 10 nitrogen and oxygen atoms in total. The van der Waals surface area contributed by atoms with Crippen molar-refractivity contribution in [1.82, 2.24) is 23.8 Å². The van der Waals surface area contributed by atoms with Crippen molar-refractivity contribution in [2.24, 2.45) is 7.05 Å². The highest BCUT2D eigenvalue weighted by Crippen LogP contribution is 2.32. The van der Waals surface area contributed by atoms with Crippen LogP contribution in [0.2, 0.25) is 0 Å². The highest BCUT2D eigenvalue weighted by molar-refractivity contribution is 7.90. The Labute approximate surface area is 183 Å². The van der Waals surface area contributed by atoms with E-state index >= 15 is 0 Å². The molecule has 4 rings (SSSR count). The van der Waals surface area contributed by atoms with Crippen molar-refractivity contribution in [1.29, 1.82) is 0 Å². The van der Waals surface area contributed by atoms with Crippen molar-refractivity contribution < 1.29 is 16.8 Å². The number of aromatic nitrogens is 3. The number of hydrogen-bond acceptors (Lipinski definition) is 7. The number of nitrogens with zero attached hydrogens (tertiary/aromatic N) is 4. The van der Waals surface area contributed by atoms with Crippen LogP contribution in [0.15, 0.2) is 35.6 Å². The quantitative estimate of drug-likeness (QED) is 0.496. The van der Waals surface area contributed by atoms with Crippen LogP contribution in [0.5, 0.6) is 0 Å². The maximum absolute atomic E-state index is 13.3. The highest BCUT2D eigenvalue weighted by atomic mass is 32.2. The third-order valence-corrected chi connectivity index (χ3v) is 9.61. The fourth-order valence-corrected chi connectivity index (χ4v) is 6.90. The van der Waals surface area contributed by atoms with Gasteiger partial charge in [-0.05, 0) is 37.8 Å². The summed E-state index contributed by atoms with van der Waals surface area (Å²) in [4.78, 5) is 4.16. The van der Waals surface area contributed by atoms with Gasteiger partial charge in [-0.3, -0.25) is 9.67 Å². The SMILES string of the molecule is Cn1nccc1C1CCN(S(=O)(=O)c2cnccc2NCCCNS(=O)(=O)C2CC2)C1. The summed E-state index contributed by atoms with van der Waals surface area (Å²) in [6, 6.07) is 3.56. The van der Waals surface area contributed by atoms with Gasteiger partial charge in [-0.15, -0.1) is 0 Å². The third-order valence-electron chi connectivity index (χ3n) is 5.77. The lowest BCUT2D eigenvalue weighted by Crippen LogP contribution is -2.30. The molecule has 0 bridgehead atoms. The Morgan fingerprint density at radius 2 is 1.90 bits per heavy atom. The fraction of sp³-hybridized carbons (Fsp3) is 0.579. The number of hydrogen-bond donors (Lipinski definition) is 2. The van der Waals surface area contributed by atoms with Crippen LogP contribution in [-0.4, -0.2) is 67.3 Å². The van der Waals surface area contributed by atoms with Crippen LogP contribution in [0.3, 0.4) is 0 Å². The normalized spacial score (nSPS) is 20.2. The van der Waals surface area contributed by atoms with Crippen LogP contribution >= 0.6 is 0 Å². The molecule has 2 fully saturated rings. The number of anilines is 1. The van der Waals surface area contributed by atoms with Gasteiger partial charge in [0.25, 0.3) is 0 Å².